The summed E-state index contributed by atoms with van der Waals surface area (Å²) < 4.78 is 49.3. The molecule has 1 saturated carbocycles. The number of aryl methyl sites for hydroxylation is 2. The van der Waals surface area contributed by atoms with Crippen molar-refractivity contribution in [3.8, 4) is 11.6 Å². The highest BCUT2D eigenvalue weighted by Crippen LogP contribution is 2.52. The Morgan fingerprint density at radius 3 is 2.50 bits per heavy atom. The number of likely N-dealkylation sites (tertiary alicyclic amines) is 1. The lowest BCUT2D eigenvalue weighted by molar-refractivity contribution is -0.274. The minimum absolute atomic E-state index is 0.105. The highest BCUT2D eigenvalue weighted by atomic mass is 19.4. The van der Waals surface area contributed by atoms with Crippen LogP contribution >= 0.6 is 0 Å². The standard InChI is InChI=1S/C28H31F3N4O3/c1-19-6-8-20(9-7-19)10-11-34-14-23-24(15-34)25(23)16-35(27(36)37-26-17-33(2)18-32-26)13-21-4-3-5-22(12-21)38-28(29,30)31/h3-9,12,17-18,23-25H,10-11,13-16H2,1-2H3. The third-order valence-electron chi connectivity index (χ3n) is 7.35. The summed E-state index contributed by atoms with van der Waals surface area (Å²) in [5.41, 5.74) is 3.10. The number of ether oxygens (including phenoxy) is 2. The molecule has 38 heavy (non-hydrogen) atoms. The fraction of sp³-hybridized carbons (Fsp3) is 0.429. The van der Waals surface area contributed by atoms with Gasteiger partial charge in [0.25, 0.3) is 0 Å². The maximum Gasteiger partial charge on any atom is 0.573 e. The van der Waals surface area contributed by atoms with Crippen LogP contribution in [0.25, 0.3) is 0 Å². The van der Waals surface area contributed by atoms with Gasteiger partial charge in [-0.15, -0.1) is 13.2 Å². The summed E-state index contributed by atoms with van der Waals surface area (Å²) in [7, 11) is 1.77. The van der Waals surface area contributed by atoms with E-state index in [4.69, 9.17) is 4.74 Å². The summed E-state index contributed by atoms with van der Waals surface area (Å²) in [5.74, 6) is 1.18. The Hall–Kier alpha value is -3.53. The summed E-state index contributed by atoms with van der Waals surface area (Å²) in [6.07, 6.45) is -1.24. The van der Waals surface area contributed by atoms with Crippen LogP contribution in [0.4, 0.5) is 18.0 Å². The molecule has 2 aromatic carbocycles. The van der Waals surface area contributed by atoms with Gasteiger partial charge in [-0.25, -0.2) is 9.78 Å². The molecule has 3 aromatic rings. The van der Waals surface area contributed by atoms with Crippen LogP contribution in [0.15, 0.2) is 61.1 Å². The summed E-state index contributed by atoms with van der Waals surface area (Å²) in [6, 6.07) is 14.3. The molecule has 0 spiro atoms. The maximum absolute atomic E-state index is 13.1. The van der Waals surface area contributed by atoms with Crippen molar-refractivity contribution < 1.29 is 27.4 Å². The first kappa shape index (κ1) is 26.1. The van der Waals surface area contributed by atoms with Crippen molar-refractivity contribution in [1.29, 1.82) is 0 Å². The SMILES string of the molecule is Cc1ccc(CCN2CC3C(C2)C3CN(Cc2cccc(OC(F)(F)F)c2)C(=O)Oc2cn(C)cn2)cc1. The number of fused-ring (bicyclic) bond motifs is 1. The van der Waals surface area contributed by atoms with E-state index in [1.807, 2.05) is 0 Å². The highest BCUT2D eigenvalue weighted by molar-refractivity contribution is 5.70. The Balaban J connectivity index is 1.20. The van der Waals surface area contributed by atoms with E-state index in [1.54, 1.807) is 28.8 Å². The van der Waals surface area contributed by atoms with Crippen LogP contribution < -0.4 is 9.47 Å². The second-order valence-electron chi connectivity index (χ2n) is 10.3. The molecule has 2 aliphatic rings. The van der Waals surface area contributed by atoms with Crippen molar-refractivity contribution >= 4 is 6.09 Å². The molecule has 2 fully saturated rings. The molecule has 1 amide bonds. The molecule has 1 aromatic heterocycles. The van der Waals surface area contributed by atoms with Crippen molar-refractivity contribution in [1.82, 2.24) is 19.4 Å². The minimum Gasteiger partial charge on any atom is -0.406 e. The molecule has 1 saturated heterocycles. The van der Waals surface area contributed by atoms with E-state index < -0.39 is 12.5 Å². The number of benzene rings is 2. The zero-order chi connectivity index (χ0) is 26.9. The lowest BCUT2D eigenvalue weighted by Crippen LogP contribution is -2.37. The van der Waals surface area contributed by atoms with Gasteiger partial charge in [0.1, 0.15) is 5.75 Å². The number of piperidine rings is 1. The average molecular weight is 529 g/mol. The fourth-order valence-corrected chi connectivity index (χ4v) is 5.35. The molecule has 202 valence electrons. The molecule has 2 atom stereocenters. The molecule has 1 aliphatic carbocycles. The zero-order valence-electron chi connectivity index (χ0n) is 21.4. The third-order valence-corrected chi connectivity index (χ3v) is 7.35. The van der Waals surface area contributed by atoms with Gasteiger partial charge >= 0.3 is 12.5 Å². The van der Waals surface area contributed by atoms with Crippen molar-refractivity contribution in [2.45, 2.75) is 26.3 Å². The molecule has 1 aliphatic heterocycles. The molecule has 2 unspecified atom stereocenters. The predicted molar refractivity (Wildman–Crippen MR) is 135 cm³/mol. The Labute approximate surface area is 219 Å². The van der Waals surface area contributed by atoms with E-state index in [0.717, 1.165) is 26.1 Å². The van der Waals surface area contributed by atoms with Crippen molar-refractivity contribution in [2.75, 3.05) is 26.2 Å². The van der Waals surface area contributed by atoms with E-state index in [1.165, 1.54) is 35.7 Å². The third kappa shape index (κ3) is 6.66. The first-order chi connectivity index (χ1) is 18.1. The summed E-state index contributed by atoms with van der Waals surface area (Å²) in [4.78, 5) is 21.2. The number of nitrogens with zero attached hydrogens (tertiary/aromatic N) is 4. The number of hydrogen-bond donors (Lipinski definition) is 0. The zero-order valence-corrected chi connectivity index (χ0v) is 21.4. The lowest BCUT2D eigenvalue weighted by Gasteiger charge is -2.25. The number of carbonyl (C=O) groups excluding carboxylic acids is 1. The van der Waals surface area contributed by atoms with Crippen LogP contribution in [-0.4, -0.2) is 58.0 Å². The molecule has 0 N–H and O–H groups in total. The summed E-state index contributed by atoms with van der Waals surface area (Å²) >= 11 is 0. The number of imidazole rings is 1. The van der Waals surface area contributed by atoms with Gasteiger partial charge < -0.3 is 23.8 Å². The van der Waals surface area contributed by atoms with Crippen LogP contribution in [0.1, 0.15) is 16.7 Å². The first-order valence-corrected chi connectivity index (χ1v) is 12.7. The van der Waals surface area contributed by atoms with Crippen LogP contribution in [0.5, 0.6) is 11.6 Å². The van der Waals surface area contributed by atoms with Gasteiger partial charge in [-0.05, 0) is 54.4 Å². The Morgan fingerprint density at radius 2 is 1.84 bits per heavy atom. The Bertz CT molecular complexity index is 1250. The van der Waals surface area contributed by atoms with E-state index in [-0.39, 0.29) is 18.2 Å². The molecular weight excluding hydrogens is 497 g/mol. The number of halogens is 3. The second kappa shape index (κ2) is 10.7. The van der Waals surface area contributed by atoms with Gasteiger partial charge in [-0.3, -0.25) is 0 Å². The first-order valence-electron chi connectivity index (χ1n) is 12.7. The topological polar surface area (TPSA) is 59.8 Å². The van der Waals surface area contributed by atoms with Gasteiger partial charge in [0.05, 0.1) is 12.5 Å². The average Bonchev–Trinajstić information content (AvgIpc) is 3.16. The number of carbonyl (C=O) groups is 1. The number of alkyl halides is 3. The highest BCUT2D eigenvalue weighted by Gasteiger charge is 2.55. The summed E-state index contributed by atoms with van der Waals surface area (Å²) in [5, 5.41) is 0. The Morgan fingerprint density at radius 1 is 1.11 bits per heavy atom. The van der Waals surface area contributed by atoms with E-state index in [9.17, 15) is 18.0 Å². The number of amides is 1. The van der Waals surface area contributed by atoms with Crippen LogP contribution in [0, 0.1) is 24.7 Å². The molecule has 5 rings (SSSR count). The van der Waals surface area contributed by atoms with E-state index in [2.05, 4.69) is 45.8 Å². The number of rotatable bonds is 9. The van der Waals surface area contributed by atoms with Gasteiger partial charge in [0.15, 0.2) is 0 Å². The van der Waals surface area contributed by atoms with Crippen LogP contribution in [0.2, 0.25) is 0 Å². The molecule has 7 nitrogen and oxygen atoms in total. The lowest BCUT2D eigenvalue weighted by atomic mass is 10.1. The van der Waals surface area contributed by atoms with E-state index in [0.29, 0.717) is 29.9 Å². The normalized spacial score (nSPS) is 20.7. The fourth-order valence-electron chi connectivity index (χ4n) is 5.35. The summed E-state index contributed by atoms with van der Waals surface area (Å²) in [6.45, 7) is 5.63. The second-order valence-corrected chi connectivity index (χ2v) is 10.3. The van der Waals surface area contributed by atoms with Gasteiger partial charge in [0.2, 0.25) is 5.88 Å². The van der Waals surface area contributed by atoms with Gasteiger partial charge in [0, 0.05) is 39.8 Å². The minimum atomic E-state index is -4.78. The molecule has 0 bridgehead atoms. The largest absolute Gasteiger partial charge is 0.573 e. The van der Waals surface area contributed by atoms with Gasteiger partial charge in [-0.2, -0.15) is 0 Å². The van der Waals surface area contributed by atoms with Crippen molar-refractivity contribution in [3.63, 3.8) is 0 Å². The molecule has 2 heterocycles. The number of aromatic nitrogens is 2. The van der Waals surface area contributed by atoms with Crippen molar-refractivity contribution in [3.05, 3.63) is 77.7 Å². The van der Waals surface area contributed by atoms with E-state index >= 15 is 0 Å². The maximum atomic E-state index is 13.1. The molecule has 0 radical (unpaired) electrons. The predicted octanol–water partition coefficient (Wildman–Crippen LogP) is 5.05. The van der Waals surface area contributed by atoms with Gasteiger partial charge in [-0.1, -0.05) is 42.0 Å². The molecular formula is C28H31F3N4O3. The van der Waals surface area contributed by atoms with Crippen LogP contribution in [-0.2, 0) is 20.0 Å². The number of hydrogen-bond acceptors (Lipinski definition) is 5. The van der Waals surface area contributed by atoms with Crippen LogP contribution in [0.3, 0.4) is 0 Å². The monoisotopic (exact) mass is 528 g/mol. The van der Waals surface area contributed by atoms with Crippen molar-refractivity contribution in [2.24, 2.45) is 24.8 Å². The molecule has 10 heteroatoms. The smallest absolute Gasteiger partial charge is 0.406 e. The quantitative estimate of drug-likeness (QED) is 0.389. The Kier molecular flexibility index (Phi) is 7.34.